The lowest BCUT2D eigenvalue weighted by Crippen LogP contribution is -2.15. The number of fused-ring (bicyclic) bond motifs is 1. The van der Waals surface area contributed by atoms with Gasteiger partial charge in [0.15, 0.2) is 0 Å². The van der Waals surface area contributed by atoms with E-state index in [2.05, 4.69) is 27.9 Å². The summed E-state index contributed by atoms with van der Waals surface area (Å²) in [7, 11) is 0. The molecule has 3 rings (SSSR count). The number of aliphatic hydroxyl groups excluding tert-OH is 1. The Morgan fingerprint density at radius 2 is 2.09 bits per heavy atom. The molecule has 0 aliphatic carbocycles. The van der Waals surface area contributed by atoms with Gasteiger partial charge in [-0.2, -0.15) is 0 Å². The van der Waals surface area contributed by atoms with Gasteiger partial charge in [-0.25, -0.2) is 0 Å². The highest BCUT2D eigenvalue weighted by Crippen LogP contribution is 2.22. The Hall–Kier alpha value is -2.66. The van der Waals surface area contributed by atoms with Crippen LogP contribution in [0.3, 0.4) is 0 Å². The second kappa shape index (κ2) is 6.62. The Morgan fingerprint density at radius 1 is 1.26 bits per heavy atom. The number of aryl methyl sites for hydroxylation is 1. The number of hydrogen-bond acceptors (Lipinski definition) is 3. The van der Waals surface area contributed by atoms with Crippen LogP contribution in [0.15, 0.2) is 48.9 Å². The van der Waals surface area contributed by atoms with Crippen LogP contribution >= 0.6 is 0 Å². The third-order valence-corrected chi connectivity index (χ3v) is 3.92. The molecule has 5 nitrogen and oxygen atoms in total. The number of nitrogens with one attached hydrogen (secondary N) is 1. The maximum atomic E-state index is 12.4. The molecule has 0 atom stereocenters. The van der Waals surface area contributed by atoms with E-state index >= 15 is 0 Å². The molecule has 5 heteroatoms. The Balaban J connectivity index is 1.83. The number of aromatic nitrogens is 2. The van der Waals surface area contributed by atoms with E-state index in [0.29, 0.717) is 11.3 Å². The van der Waals surface area contributed by atoms with Crippen molar-refractivity contribution in [1.29, 1.82) is 0 Å². The lowest BCUT2D eigenvalue weighted by Gasteiger charge is -2.08. The van der Waals surface area contributed by atoms with Crippen LogP contribution in [0, 0.1) is 0 Å². The lowest BCUT2D eigenvalue weighted by molar-refractivity contribution is -0.115. The van der Waals surface area contributed by atoms with E-state index in [1.807, 2.05) is 24.4 Å². The molecule has 0 aliphatic rings. The molecule has 2 heterocycles. The lowest BCUT2D eigenvalue weighted by atomic mass is 10.1. The third kappa shape index (κ3) is 3.10. The molecule has 0 radical (unpaired) electrons. The molecule has 0 bridgehead atoms. The molecule has 0 fully saturated rings. The fraction of sp³-hybridized carbons (Fsp3) is 0.222. The molecular weight excluding hydrogens is 290 g/mol. The van der Waals surface area contributed by atoms with Crippen LogP contribution in [-0.2, 0) is 24.4 Å². The van der Waals surface area contributed by atoms with Crippen molar-refractivity contribution >= 4 is 22.5 Å². The summed E-state index contributed by atoms with van der Waals surface area (Å²) in [6, 6.07) is 9.77. The smallest absolute Gasteiger partial charge is 0.228 e. The molecule has 0 spiro atoms. The summed E-state index contributed by atoms with van der Waals surface area (Å²) in [5.41, 5.74) is 3.34. The van der Waals surface area contributed by atoms with Gasteiger partial charge in [0.25, 0.3) is 0 Å². The van der Waals surface area contributed by atoms with Crippen molar-refractivity contribution in [3.05, 3.63) is 60.0 Å². The molecule has 1 aromatic carbocycles. The van der Waals surface area contributed by atoms with Gasteiger partial charge in [-0.3, -0.25) is 9.78 Å². The van der Waals surface area contributed by atoms with Crippen molar-refractivity contribution in [2.75, 3.05) is 5.32 Å². The molecule has 1 amide bonds. The van der Waals surface area contributed by atoms with Crippen molar-refractivity contribution in [1.82, 2.24) is 9.55 Å². The number of anilines is 1. The van der Waals surface area contributed by atoms with Crippen molar-refractivity contribution in [3.8, 4) is 0 Å². The van der Waals surface area contributed by atoms with Gasteiger partial charge < -0.3 is 15.0 Å². The minimum absolute atomic E-state index is 0.119. The first-order chi connectivity index (χ1) is 11.2. The number of aliphatic hydroxyl groups is 1. The number of hydrogen-bond donors (Lipinski definition) is 2. The van der Waals surface area contributed by atoms with Crippen molar-refractivity contribution in [2.45, 2.75) is 26.5 Å². The van der Waals surface area contributed by atoms with Gasteiger partial charge in [-0.15, -0.1) is 0 Å². The van der Waals surface area contributed by atoms with Crippen LogP contribution < -0.4 is 5.32 Å². The Bertz CT molecular complexity index is 839. The number of amides is 1. The van der Waals surface area contributed by atoms with Gasteiger partial charge in [-0.05, 0) is 24.6 Å². The molecule has 2 N–H and O–H groups in total. The van der Waals surface area contributed by atoms with E-state index in [1.54, 1.807) is 18.5 Å². The standard InChI is InChI=1S/C18H19N3O2/c1-2-21-11-14(15-5-3-4-6-17(15)21)9-18(23)20-16-10-19-8-7-13(16)12-22/h3-8,10-11,22H,2,9,12H2,1H3,(H,20,23). The van der Waals surface area contributed by atoms with Crippen LogP contribution in [0.25, 0.3) is 10.9 Å². The van der Waals surface area contributed by atoms with Crippen molar-refractivity contribution in [2.24, 2.45) is 0 Å². The Labute approximate surface area is 134 Å². The quantitative estimate of drug-likeness (QED) is 0.761. The largest absolute Gasteiger partial charge is 0.392 e. The van der Waals surface area contributed by atoms with Crippen LogP contribution in [-0.4, -0.2) is 20.6 Å². The fourth-order valence-electron chi connectivity index (χ4n) is 2.77. The predicted octanol–water partition coefficient (Wildman–Crippen LogP) is 2.73. The first-order valence-corrected chi connectivity index (χ1v) is 7.63. The molecular formula is C18H19N3O2. The summed E-state index contributed by atoms with van der Waals surface area (Å²) in [5.74, 6) is -0.119. The summed E-state index contributed by atoms with van der Waals surface area (Å²) in [6.07, 6.45) is 5.46. The Morgan fingerprint density at radius 3 is 2.87 bits per heavy atom. The minimum atomic E-state index is -0.132. The zero-order valence-corrected chi connectivity index (χ0v) is 13.0. The SMILES string of the molecule is CCn1cc(CC(=O)Nc2cnccc2CO)c2ccccc21. The van der Waals surface area contributed by atoms with Gasteiger partial charge in [0.2, 0.25) is 5.91 Å². The van der Waals surface area contributed by atoms with Crippen LogP contribution in [0.4, 0.5) is 5.69 Å². The van der Waals surface area contributed by atoms with E-state index in [0.717, 1.165) is 23.0 Å². The zero-order valence-electron chi connectivity index (χ0n) is 13.0. The summed E-state index contributed by atoms with van der Waals surface area (Å²) < 4.78 is 2.14. The van der Waals surface area contributed by atoms with Gasteiger partial charge in [-0.1, -0.05) is 18.2 Å². The maximum absolute atomic E-state index is 12.4. The van der Waals surface area contributed by atoms with E-state index in [9.17, 15) is 9.90 Å². The number of pyridine rings is 1. The zero-order chi connectivity index (χ0) is 16.2. The molecule has 0 unspecified atom stereocenters. The molecule has 2 aromatic heterocycles. The minimum Gasteiger partial charge on any atom is -0.392 e. The van der Waals surface area contributed by atoms with E-state index < -0.39 is 0 Å². The highest BCUT2D eigenvalue weighted by atomic mass is 16.3. The molecule has 23 heavy (non-hydrogen) atoms. The van der Waals surface area contributed by atoms with Crippen molar-refractivity contribution < 1.29 is 9.90 Å². The van der Waals surface area contributed by atoms with Crippen LogP contribution in [0.1, 0.15) is 18.1 Å². The molecule has 3 aromatic rings. The number of rotatable bonds is 5. The second-order valence-corrected chi connectivity index (χ2v) is 5.37. The van der Waals surface area contributed by atoms with E-state index in [4.69, 9.17) is 0 Å². The van der Waals surface area contributed by atoms with Gasteiger partial charge in [0, 0.05) is 35.4 Å². The first kappa shape index (κ1) is 15.2. The highest BCUT2D eigenvalue weighted by Gasteiger charge is 2.12. The second-order valence-electron chi connectivity index (χ2n) is 5.37. The monoisotopic (exact) mass is 309 g/mol. The summed E-state index contributed by atoms with van der Waals surface area (Å²) >= 11 is 0. The average molecular weight is 309 g/mol. The van der Waals surface area contributed by atoms with Crippen LogP contribution in [0.2, 0.25) is 0 Å². The molecule has 0 saturated carbocycles. The highest BCUT2D eigenvalue weighted by molar-refractivity contribution is 5.96. The molecule has 118 valence electrons. The van der Waals surface area contributed by atoms with Crippen LogP contribution in [0.5, 0.6) is 0 Å². The number of nitrogens with zero attached hydrogens (tertiary/aromatic N) is 2. The molecule has 0 aliphatic heterocycles. The third-order valence-electron chi connectivity index (χ3n) is 3.92. The summed E-state index contributed by atoms with van der Waals surface area (Å²) in [6.45, 7) is 2.81. The first-order valence-electron chi connectivity index (χ1n) is 7.63. The van der Waals surface area contributed by atoms with E-state index in [1.165, 1.54) is 0 Å². The predicted molar refractivity (Wildman–Crippen MR) is 90.1 cm³/mol. The van der Waals surface area contributed by atoms with Gasteiger partial charge >= 0.3 is 0 Å². The average Bonchev–Trinajstić information content (AvgIpc) is 2.93. The normalized spacial score (nSPS) is 10.9. The number of para-hydroxylation sites is 1. The number of carbonyl (C=O) groups excluding carboxylic acids is 1. The maximum Gasteiger partial charge on any atom is 0.228 e. The van der Waals surface area contributed by atoms with E-state index in [-0.39, 0.29) is 18.9 Å². The van der Waals surface area contributed by atoms with Gasteiger partial charge in [0.1, 0.15) is 0 Å². The summed E-state index contributed by atoms with van der Waals surface area (Å²) in [4.78, 5) is 16.4. The summed E-state index contributed by atoms with van der Waals surface area (Å²) in [5, 5.41) is 13.2. The fourth-order valence-corrected chi connectivity index (χ4v) is 2.77. The Kier molecular flexibility index (Phi) is 4.39. The topological polar surface area (TPSA) is 67.2 Å². The molecule has 0 saturated heterocycles. The van der Waals surface area contributed by atoms with Gasteiger partial charge in [0.05, 0.1) is 24.9 Å². The van der Waals surface area contributed by atoms with Crippen molar-refractivity contribution in [3.63, 3.8) is 0 Å². The number of carbonyl (C=O) groups is 1. The number of benzene rings is 1.